The van der Waals surface area contributed by atoms with Crippen molar-refractivity contribution in [3.63, 3.8) is 0 Å². The van der Waals surface area contributed by atoms with E-state index in [4.69, 9.17) is 5.26 Å². The molecule has 0 bridgehead atoms. The maximum absolute atomic E-state index is 12.4. The smallest absolute Gasteiger partial charge is 0.252 e. The quantitative estimate of drug-likeness (QED) is 0.899. The average molecular weight is 285 g/mol. The molecule has 1 N–H and O–H groups in total. The SMILES string of the molecule is CN(C1CCCNC1)S(=O)(=O)c1ccc(C#N)s1. The van der Waals surface area contributed by atoms with Crippen LogP contribution >= 0.6 is 11.3 Å². The number of likely N-dealkylation sites (N-methyl/N-ethyl adjacent to an activating group) is 1. The van der Waals surface area contributed by atoms with Crippen LogP contribution in [0.4, 0.5) is 0 Å². The van der Waals surface area contributed by atoms with Crippen LogP contribution in [0.3, 0.4) is 0 Å². The lowest BCUT2D eigenvalue weighted by atomic mass is 10.1. The fraction of sp³-hybridized carbons (Fsp3) is 0.545. The van der Waals surface area contributed by atoms with Crippen molar-refractivity contribution in [2.45, 2.75) is 23.1 Å². The molecule has 1 atom stereocenters. The van der Waals surface area contributed by atoms with E-state index in [1.165, 1.54) is 10.4 Å². The van der Waals surface area contributed by atoms with Crippen LogP contribution < -0.4 is 5.32 Å². The normalized spacial score (nSPS) is 20.8. The van der Waals surface area contributed by atoms with Gasteiger partial charge >= 0.3 is 0 Å². The summed E-state index contributed by atoms with van der Waals surface area (Å²) in [5.41, 5.74) is 0. The molecule has 1 aliphatic heterocycles. The Labute approximate surface area is 111 Å². The molecule has 0 radical (unpaired) electrons. The Morgan fingerprint density at radius 1 is 1.56 bits per heavy atom. The summed E-state index contributed by atoms with van der Waals surface area (Å²) in [6, 6.07) is 5.01. The van der Waals surface area contributed by atoms with Crippen molar-refractivity contribution >= 4 is 21.4 Å². The van der Waals surface area contributed by atoms with Gasteiger partial charge in [-0.2, -0.15) is 9.57 Å². The molecule has 0 amide bonds. The second-order valence-electron chi connectivity index (χ2n) is 4.25. The first kappa shape index (κ1) is 13.5. The Balaban J connectivity index is 2.22. The Hall–Kier alpha value is -0.940. The van der Waals surface area contributed by atoms with Gasteiger partial charge in [-0.3, -0.25) is 0 Å². The molecule has 7 heteroatoms. The second kappa shape index (κ2) is 5.36. The number of rotatable bonds is 3. The van der Waals surface area contributed by atoms with Crippen LogP contribution in [0.25, 0.3) is 0 Å². The molecule has 0 aliphatic carbocycles. The van der Waals surface area contributed by atoms with Gasteiger partial charge in [-0.05, 0) is 31.5 Å². The van der Waals surface area contributed by atoms with Crippen LogP contribution in [0.15, 0.2) is 16.3 Å². The number of thiophene rings is 1. The summed E-state index contributed by atoms with van der Waals surface area (Å²) >= 11 is 1.02. The highest BCUT2D eigenvalue weighted by Gasteiger charge is 2.30. The highest BCUT2D eigenvalue weighted by molar-refractivity contribution is 7.91. The van der Waals surface area contributed by atoms with Crippen molar-refractivity contribution in [2.24, 2.45) is 0 Å². The van der Waals surface area contributed by atoms with E-state index in [9.17, 15) is 8.42 Å². The van der Waals surface area contributed by atoms with Gasteiger partial charge in [0.1, 0.15) is 15.2 Å². The lowest BCUT2D eigenvalue weighted by Gasteiger charge is -2.30. The molecule has 1 fully saturated rings. The van der Waals surface area contributed by atoms with Gasteiger partial charge in [-0.1, -0.05) is 0 Å². The Bertz CT molecular complexity index is 553. The third-order valence-electron chi connectivity index (χ3n) is 3.11. The third kappa shape index (κ3) is 2.57. The van der Waals surface area contributed by atoms with Crippen LogP contribution in [-0.2, 0) is 10.0 Å². The maximum atomic E-state index is 12.4. The number of nitriles is 1. The Morgan fingerprint density at radius 2 is 2.33 bits per heavy atom. The molecule has 0 spiro atoms. The lowest BCUT2D eigenvalue weighted by Crippen LogP contribution is -2.46. The monoisotopic (exact) mass is 285 g/mol. The van der Waals surface area contributed by atoms with Crippen LogP contribution in [0, 0.1) is 11.3 Å². The van der Waals surface area contributed by atoms with Crippen molar-refractivity contribution in [2.75, 3.05) is 20.1 Å². The molecule has 0 aromatic carbocycles. The van der Waals surface area contributed by atoms with Crippen molar-refractivity contribution in [1.29, 1.82) is 5.26 Å². The molecule has 1 saturated heterocycles. The summed E-state index contributed by atoms with van der Waals surface area (Å²) in [5, 5.41) is 11.9. The van der Waals surface area contributed by atoms with E-state index in [-0.39, 0.29) is 10.3 Å². The molecule has 98 valence electrons. The summed E-state index contributed by atoms with van der Waals surface area (Å²) in [6.07, 6.45) is 1.86. The summed E-state index contributed by atoms with van der Waals surface area (Å²) in [5.74, 6) is 0. The van der Waals surface area contributed by atoms with E-state index in [0.717, 1.165) is 30.7 Å². The molecular formula is C11H15N3O2S2. The first-order valence-electron chi connectivity index (χ1n) is 5.74. The van der Waals surface area contributed by atoms with Gasteiger partial charge in [-0.15, -0.1) is 11.3 Å². The van der Waals surface area contributed by atoms with Crippen molar-refractivity contribution in [3.05, 3.63) is 17.0 Å². The predicted molar refractivity (Wildman–Crippen MR) is 69.9 cm³/mol. The lowest BCUT2D eigenvalue weighted by molar-refractivity contribution is 0.300. The van der Waals surface area contributed by atoms with Gasteiger partial charge in [-0.25, -0.2) is 8.42 Å². The van der Waals surface area contributed by atoms with Gasteiger partial charge in [0.15, 0.2) is 0 Å². The Morgan fingerprint density at radius 3 is 2.89 bits per heavy atom. The zero-order valence-electron chi connectivity index (χ0n) is 10.1. The molecule has 2 heterocycles. The van der Waals surface area contributed by atoms with Crippen molar-refractivity contribution in [1.82, 2.24) is 9.62 Å². The average Bonchev–Trinajstić information content (AvgIpc) is 2.88. The molecular weight excluding hydrogens is 270 g/mol. The molecule has 0 saturated carbocycles. The third-order valence-corrected chi connectivity index (χ3v) is 6.48. The summed E-state index contributed by atoms with van der Waals surface area (Å²) in [7, 11) is -1.86. The topological polar surface area (TPSA) is 73.2 Å². The highest BCUT2D eigenvalue weighted by Crippen LogP contribution is 2.26. The number of piperidine rings is 1. The summed E-state index contributed by atoms with van der Waals surface area (Å²) in [4.78, 5) is 0.420. The fourth-order valence-electron chi connectivity index (χ4n) is 2.00. The number of nitrogens with one attached hydrogen (secondary N) is 1. The minimum Gasteiger partial charge on any atom is -0.315 e. The molecule has 2 rings (SSSR count). The first-order valence-corrected chi connectivity index (χ1v) is 8.00. The van der Waals surface area contributed by atoms with E-state index in [1.54, 1.807) is 13.1 Å². The number of nitrogens with zero attached hydrogens (tertiary/aromatic N) is 2. The Kier molecular flexibility index (Phi) is 4.02. The van der Waals surface area contributed by atoms with E-state index in [2.05, 4.69) is 5.32 Å². The molecule has 1 aromatic rings. The highest BCUT2D eigenvalue weighted by atomic mass is 32.2. The van der Waals surface area contributed by atoms with Crippen LogP contribution in [0.5, 0.6) is 0 Å². The van der Waals surface area contributed by atoms with Crippen LogP contribution in [0.1, 0.15) is 17.7 Å². The zero-order valence-corrected chi connectivity index (χ0v) is 11.7. The van der Waals surface area contributed by atoms with Gasteiger partial charge in [0.25, 0.3) is 10.0 Å². The fourth-order valence-corrected chi connectivity index (χ4v) is 4.67. The van der Waals surface area contributed by atoms with E-state index in [1.807, 2.05) is 6.07 Å². The van der Waals surface area contributed by atoms with E-state index >= 15 is 0 Å². The van der Waals surface area contributed by atoms with Gasteiger partial charge in [0, 0.05) is 19.6 Å². The second-order valence-corrected chi connectivity index (χ2v) is 7.56. The molecule has 18 heavy (non-hydrogen) atoms. The van der Waals surface area contributed by atoms with Crippen LogP contribution in [-0.4, -0.2) is 38.9 Å². The minimum absolute atomic E-state index is 0.00335. The molecule has 5 nitrogen and oxygen atoms in total. The summed E-state index contributed by atoms with van der Waals surface area (Å²) < 4.78 is 26.4. The number of hydrogen-bond donors (Lipinski definition) is 1. The maximum Gasteiger partial charge on any atom is 0.252 e. The largest absolute Gasteiger partial charge is 0.315 e. The van der Waals surface area contributed by atoms with Crippen molar-refractivity contribution in [3.8, 4) is 6.07 Å². The van der Waals surface area contributed by atoms with E-state index < -0.39 is 10.0 Å². The van der Waals surface area contributed by atoms with Gasteiger partial charge in [0.05, 0.1) is 0 Å². The molecule has 1 aliphatic rings. The molecule has 1 unspecified atom stereocenters. The predicted octanol–water partition coefficient (Wildman–Crippen LogP) is 0.992. The van der Waals surface area contributed by atoms with Crippen LogP contribution in [0.2, 0.25) is 0 Å². The zero-order chi connectivity index (χ0) is 13.2. The van der Waals surface area contributed by atoms with Gasteiger partial charge < -0.3 is 5.32 Å². The summed E-state index contributed by atoms with van der Waals surface area (Å²) in [6.45, 7) is 1.63. The van der Waals surface area contributed by atoms with Crippen molar-refractivity contribution < 1.29 is 8.42 Å². The number of hydrogen-bond acceptors (Lipinski definition) is 5. The first-order chi connectivity index (χ1) is 8.55. The minimum atomic E-state index is -3.47. The standard InChI is InChI=1S/C11H15N3O2S2/c1-14(9-3-2-6-13-8-9)18(15,16)11-5-4-10(7-12)17-11/h4-5,9,13H,2-3,6,8H2,1H3. The molecule has 1 aromatic heterocycles. The van der Waals surface area contributed by atoms with Gasteiger partial charge in [0.2, 0.25) is 0 Å². The van der Waals surface area contributed by atoms with E-state index in [0.29, 0.717) is 11.4 Å². The number of sulfonamides is 1.